The van der Waals surface area contributed by atoms with Gasteiger partial charge in [-0.15, -0.1) is 0 Å². The van der Waals surface area contributed by atoms with Gasteiger partial charge in [0.1, 0.15) is 22.9 Å². The highest BCUT2D eigenvalue weighted by Gasteiger charge is 2.34. The predicted octanol–water partition coefficient (Wildman–Crippen LogP) is 5.54. The minimum atomic E-state index is -4.79. The first-order valence-corrected chi connectivity index (χ1v) is 7.48. The highest BCUT2D eigenvalue weighted by atomic mass is 35.5. The van der Waals surface area contributed by atoms with Crippen LogP contribution in [-0.2, 0) is 4.74 Å². The van der Waals surface area contributed by atoms with Crippen molar-refractivity contribution < 1.29 is 31.8 Å². The van der Waals surface area contributed by atoms with Gasteiger partial charge in [-0.2, -0.15) is 13.2 Å². The zero-order chi connectivity index (χ0) is 19.5. The van der Waals surface area contributed by atoms with Crippen molar-refractivity contribution in [1.29, 1.82) is 0 Å². The number of carbonyl (C=O) groups excluding carboxylic acids is 1. The topological polar surface area (TPSA) is 47.9 Å². The molecule has 0 heterocycles. The predicted molar refractivity (Wildman–Crippen MR) is 88.0 cm³/mol. The fourth-order valence-electron chi connectivity index (χ4n) is 1.98. The van der Waals surface area contributed by atoms with Gasteiger partial charge < -0.3 is 9.47 Å². The number of esters is 1. The van der Waals surface area contributed by atoms with Crippen LogP contribution in [0.5, 0.6) is 11.5 Å². The molecule has 9 heteroatoms. The molecule has 0 radical (unpaired) electrons. The second-order valence-corrected chi connectivity index (χ2v) is 5.39. The van der Waals surface area contributed by atoms with Crippen LogP contribution in [0.3, 0.4) is 0 Å². The number of rotatable bonds is 4. The van der Waals surface area contributed by atoms with Gasteiger partial charge in [-0.3, -0.25) is 0 Å². The summed E-state index contributed by atoms with van der Waals surface area (Å²) in [6.45, 7) is 1.45. The maximum absolute atomic E-state index is 13.5. The number of methoxy groups -OCH3 is 1. The van der Waals surface area contributed by atoms with Crippen LogP contribution in [0.15, 0.2) is 41.4 Å². The molecule has 0 aliphatic rings. The molecule has 0 amide bonds. The normalized spacial score (nSPS) is 12.0. The molecule has 0 unspecified atom stereocenters. The Bertz CT molecular complexity index is 866. The number of halogens is 5. The van der Waals surface area contributed by atoms with Crippen LogP contribution in [-0.4, -0.2) is 24.4 Å². The van der Waals surface area contributed by atoms with Gasteiger partial charge in [0, 0.05) is 11.6 Å². The maximum atomic E-state index is 13.5. The Labute approximate surface area is 151 Å². The lowest BCUT2D eigenvalue weighted by Gasteiger charge is -2.13. The Morgan fingerprint density at radius 2 is 1.85 bits per heavy atom. The second-order valence-electron chi connectivity index (χ2n) is 5.03. The van der Waals surface area contributed by atoms with Gasteiger partial charge in [-0.25, -0.2) is 14.2 Å². The molecule has 2 aromatic rings. The number of hydrogen-bond acceptors (Lipinski definition) is 4. The number of aliphatic imine (C=N–C) groups is 1. The average molecular weight is 390 g/mol. The van der Waals surface area contributed by atoms with Gasteiger partial charge in [0.25, 0.3) is 0 Å². The van der Waals surface area contributed by atoms with E-state index in [1.807, 2.05) is 0 Å². The molecule has 0 fully saturated rings. The first-order valence-electron chi connectivity index (χ1n) is 7.10. The zero-order valence-electron chi connectivity index (χ0n) is 13.5. The van der Waals surface area contributed by atoms with Gasteiger partial charge in [0.05, 0.1) is 12.8 Å². The van der Waals surface area contributed by atoms with E-state index >= 15 is 0 Å². The summed E-state index contributed by atoms with van der Waals surface area (Å²) < 4.78 is 61.3. The van der Waals surface area contributed by atoms with Gasteiger partial charge in [0.15, 0.2) is 0 Å². The molecule has 0 bridgehead atoms. The van der Waals surface area contributed by atoms with Crippen LogP contribution < -0.4 is 4.74 Å². The maximum Gasteiger partial charge on any atom is 0.444 e. The fourth-order valence-corrected chi connectivity index (χ4v) is 2.07. The number of hydrogen-bond donors (Lipinski definition) is 0. The standard InChI is InChI=1S/C17H12ClF4NO3/c1-9-12(23-16(18)17(20,21)22)4-3-5-13(9)26-14-8-10(19)6-7-11(14)15(24)25-2/h3-8H,1-2H3/b23-16+. The van der Waals surface area contributed by atoms with E-state index in [1.54, 1.807) is 0 Å². The van der Waals surface area contributed by atoms with E-state index in [1.165, 1.54) is 31.2 Å². The lowest BCUT2D eigenvalue weighted by Crippen LogP contribution is -2.16. The van der Waals surface area contributed by atoms with Crippen LogP contribution in [0.1, 0.15) is 15.9 Å². The SMILES string of the molecule is COC(=O)c1ccc(F)cc1Oc1cccc(/N=C(/Cl)C(F)(F)F)c1C. The molecule has 0 aliphatic heterocycles. The van der Waals surface area contributed by atoms with Gasteiger partial charge in [0.2, 0.25) is 5.17 Å². The molecule has 0 saturated carbocycles. The number of nitrogens with zero attached hydrogens (tertiary/aromatic N) is 1. The van der Waals surface area contributed by atoms with Crippen molar-refractivity contribution >= 4 is 28.4 Å². The smallest absolute Gasteiger partial charge is 0.444 e. The molecule has 4 nitrogen and oxygen atoms in total. The van der Waals surface area contributed by atoms with Crippen molar-refractivity contribution in [1.82, 2.24) is 0 Å². The second kappa shape index (κ2) is 7.74. The molecule has 0 saturated heterocycles. The monoisotopic (exact) mass is 389 g/mol. The van der Waals surface area contributed by atoms with Crippen LogP contribution >= 0.6 is 11.6 Å². The Balaban J connectivity index is 2.45. The molecular weight excluding hydrogens is 378 g/mol. The van der Waals surface area contributed by atoms with Crippen molar-refractivity contribution in [3.05, 3.63) is 53.3 Å². The van der Waals surface area contributed by atoms with Crippen LogP contribution in [0.25, 0.3) is 0 Å². The van der Waals surface area contributed by atoms with Crippen molar-refractivity contribution in [3.8, 4) is 11.5 Å². The largest absolute Gasteiger partial charge is 0.465 e. The zero-order valence-corrected chi connectivity index (χ0v) is 14.3. The molecule has 0 spiro atoms. The molecule has 26 heavy (non-hydrogen) atoms. The molecule has 138 valence electrons. The number of benzene rings is 2. The highest BCUT2D eigenvalue weighted by Crippen LogP contribution is 2.34. The third-order valence-corrected chi connectivity index (χ3v) is 3.58. The first-order chi connectivity index (χ1) is 12.1. The van der Waals surface area contributed by atoms with E-state index in [0.29, 0.717) is 0 Å². The van der Waals surface area contributed by atoms with E-state index in [4.69, 9.17) is 16.3 Å². The molecular formula is C17H12ClF4NO3. The molecule has 2 aromatic carbocycles. The average Bonchev–Trinajstić information content (AvgIpc) is 2.57. The number of ether oxygens (including phenoxy) is 2. The summed E-state index contributed by atoms with van der Waals surface area (Å²) >= 11 is 5.16. The summed E-state index contributed by atoms with van der Waals surface area (Å²) in [4.78, 5) is 15.1. The third kappa shape index (κ3) is 4.51. The summed E-state index contributed by atoms with van der Waals surface area (Å²) in [5.74, 6) is -1.50. The van der Waals surface area contributed by atoms with Gasteiger partial charge in [-0.1, -0.05) is 17.7 Å². The van der Waals surface area contributed by atoms with E-state index in [0.717, 1.165) is 19.2 Å². The van der Waals surface area contributed by atoms with E-state index in [9.17, 15) is 22.4 Å². The van der Waals surface area contributed by atoms with Crippen molar-refractivity contribution in [2.45, 2.75) is 13.1 Å². The molecule has 2 rings (SSSR count). The number of carbonyl (C=O) groups is 1. The van der Waals surface area contributed by atoms with E-state index in [-0.39, 0.29) is 28.3 Å². The Morgan fingerprint density at radius 1 is 1.15 bits per heavy atom. The van der Waals surface area contributed by atoms with Crippen molar-refractivity contribution in [3.63, 3.8) is 0 Å². The molecule has 0 atom stereocenters. The third-order valence-electron chi connectivity index (χ3n) is 3.28. The van der Waals surface area contributed by atoms with Crippen molar-refractivity contribution in [2.75, 3.05) is 7.11 Å². The lowest BCUT2D eigenvalue weighted by molar-refractivity contribution is -0.0558. The summed E-state index contributed by atoms with van der Waals surface area (Å²) in [5, 5.41) is -1.54. The highest BCUT2D eigenvalue weighted by molar-refractivity contribution is 6.67. The quantitative estimate of drug-likeness (QED) is 0.391. The molecule has 0 aliphatic carbocycles. The fraction of sp³-hybridized carbons (Fsp3) is 0.176. The number of alkyl halides is 3. The van der Waals surface area contributed by atoms with Crippen molar-refractivity contribution in [2.24, 2.45) is 4.99 Å². The van der Waals surface area contributed by atoms with Crippen LogP contribution in [0.4, 0.5) is 23.2 Å². The first kappa shape index (κ1) is 19.7. The summed E-state index contributed by atoms with van der Waals surface area (Å²) in [5.41, 5.74) is 0.0892. The Hall–Kier alpha value is -2.61. The minimum absolute atomic E-state index is 0.0458. The summed E-state index contributed by atoms with van der Waals surface area (Å²) in [6.07, 6.45) is -4.79. The van der Waals surface area contributed by atoms with Gasteiger partial charge >= 0.3 is 12.1 Å². The summed E-state index contributed by atoms with van der Waals surface area (Å²) in [6, 6.07) is 7.32. The van der Waals surface area contributed by atoms with Gasteiger partial charge in [-0.05, 0) is 31.2 Å². The molecule has 0 N–H and O–H groups in total. The summed E-state index contributed by atoms with van der Waals surface area (Å²) in [7, 11) is 1.15. The minimum Gasteiger partial charge on any atom is -0.465 e. The van der Waals surface area contributed by atoms with Crippen LogP contribution in [0, 0.1) is 12.7 Å². The Morgan fingerprint density at radius 3 is 2.46 bits per heavy atom. The molecule has 0 aromatic heterocycles. The van der Waals surface area contributed by atoms with E-state index in [2.05, 4.69) is 9.73 Å². The van der Waals surface area contributed by atoms with Crippen LogP contribution in [0.2, 0.25) is 0 Å². The lowest BCUT2D eigenvalue weighted by atomic mass is 10.1. The van der Waals surface area contributed by atoms with E-state index < -0.39 is 23.1 Å². The Kier molecular flexibility index (Phi) is 5.86.